The van der Waals surface area contributed by atoms with Crippen molar-refractivity contribution in [2.24, 2.45) is 0 Å². The van der Waals surface area contributed by atoms with Gasteiger partial charge in [-0.2, -0.15) is 0 Å². The van der Waals surface area contributed by atoms with E-state index in [9.17, 15) is 9.90 Å². The number of benzene rings is 3. The van der Waals surface area contributed by atoms with Crippen molar-refractivity contribution in [1.82, 2.24) is 0 Å². The summed E-state index contributed by atoms with van der Waals surface area (Å²) in [5, 5.41) is 14.1. The highest BCUT2D eigenvalue weighted by molar-refractivity contribution is 6.35. The Hall–Kier alpha value is -2.60. The lowest BCUT2D eigenvalue weighted by Gasteiger charge is -2.16. The lowest BCUT2D eigenvalue weighted by molar-refractivity contribution is 0.0696. The maximum Gasteiger partial charge on any atom is 0.336 e. The van der Waals surface area contributed by atoms with E-state index < -0.39 is 5.97 Å². The number of aromatic carboxylic acids is 1. The Morgan fingerprint density at radius 3 is 2.42 bits per heavy atom. The predicted molar refractivity (Wildman–Crippen MR) is 124 cm³/mol. The molecule has 3 aromatic carbocycles. The summed E-state index contributed by atoms with van der Waals surface area (Å²) in [5.41, 5.74) is 3.17. The number of ether oxygens (including phenoxy) is 2. The summed E-state index contributed by atoms with van der Waals surface area (Å²) < 4.78 is 11.3. The molecule has 2 N–H and O–H groups in total. The third-order valence-corrected chi connectivity index (χ3v) is 5.70. The number of carbonyl (C=O) groups is 1. The van der Waals surface area contributed by atoms with Gasteiger partial charge >= 0.3 is 5.97 Å². The highest BCUT2D eigenvalue weighted by atomic mass is 35.5. The van der Waals surface area contributed by atoms with E-state index in [4.69, 9.17) is 44.3 Å². The van der Waals surface area contributed by atoms with Crippen LogP contribution in [-0.4, -0.2) is 18.2 Å². The van der Waals surface area contributed by atoms with Crippen molar-refractivity contribution in [1.29, 1.82) is 0 Å². The molecule has 0 fully saturated rings. The minimum Gasteiger partial charge on any atom is -0.493 e. The molecule has 3 aromatic rings. The van der Waals surface area contributed by atoms with Crippen LogP contribution in [0.1, 0.15) is 27.0 Å². The second kappa shape index (κ2) is 10.1. The lowest BCUT2D eigenvalue weighted by Crippen LogP contribution is -2.06. The molecule has 5 nitrogen and oxygen atoms in total. The molecule has 0 heterocycles. The number of carboxylic acids is 1. The molecule has 0 spiro atoms. The van der Waals surface area contributed by atoms with Crippen molar-refractivity contribution >= 4 is 46.5 Å². The van der Waals surface area contributed by atoms with Gasteiger partial charge in [-0.1, -0.05) is 46.9 Å². The molecule has 0 aromatic heterocycles. The largest absolute Gasteiger partial charge is 0.493 e. The van der Waals surface area contributed by atoms with Crippen LogP contribution in [-0.2, 0) is 13.2 Å². The minimum absolute atomic E-state index is 0.224. The van der Waals surface area contributed by atoms with Gasteiger partial charge < -0.3 is 19.9 Å². The summed E-state index contributed by atoms with van der Waals surface area (Å²) in [4.78, 5) is 11.3. The van der Waals surface area contributed by atoms with Crippen LogP contribution in [0.2, 0.25) is 15.1 Å². The molecule has 0 unspecified atom stereocenters. The molecule has 31 heavy (non-hydrogen) atoms. The first-order valence-corrected chi connectivity index (χ1v) is 10.4. The fourth-order valence-electron chi connectivity index (χ4n) is 3.03. The molecule has 0 atom stereocenters. The number of rotatable bonds is 8. The first-order valence-electron chi connectivity index (χ1n) is 9.30. The second-order valence-electron chi connectivity index (χ2n) is 6.76. The molecule has 0 amide bonds. The quantitative estimate of drug-likeness (QED) is 0.369. The second-order valence-corrected chi connectivity index (χ2v) is 8.01. The highest BCUT2D eigenvalue weighted by Crippen LogP contribution is 2.35. The molecular weight excluding hydrogens is 461 g/mol. The Labute approximate surface area is 195 Å². The number of methoxy groups -OCH3 is 1. The third kappa shape index (κ3) is 5.56. The van der Waals surface area contributed by atoms with E-state index in [0.717, 1.165) is 11.1 Å². The summed E-state index contributed by atoms with van der Waals surface area (Å²) in [6.45, 7) is 2.36. The van der Waals surface area contributed by atoms with Gasteiger partial charge in [0.2, 0.25) is 0 Å². The van der Waals surface area contributed by atoms with Crippen LogP contribution in [0.25, 0.3) is 0 Å². The molecule has 0 radical (unpaired) electrons. The Kier molecular flexibility index (Phi) is 7.55. The van der Waals surface area contributed by atoms with E-state index in [1.54, 1.807) is 56.5 Å². The SMILES string of the molecule is COc1cc(CNc2cccc(C(=O)O)c2C)c(Cl)cc1OCc1ccc(Cl)cc1Cl. The number of hydrogen-bond donors (Lipinski definition) is 2. The van der Waals surface area contributed by atoms with Gasteiger partial charge in [-0.3, -0.25) is 0 Å². The smallest absolute Gasteiger partial charge is 0.336 e. The van der Waals surface area contributed by atoms with Crippen molar-refractivity contribution in [3.8, 4) is 11.5 Å². The number of carboxylic acid groups (broad SMARTS) is 1. The fourth-order valence-corrected chi connectivity index (χ4v) is 3.71. The molecule has 162 valence electrons. The van der Waals surface area contributed by atoms with Crippen molar-refractivity contribution in [2.75, 3.05) is 12.4 Å². The zero-order valence-corrected chi connectivity index (χ0v) is 19.1. The van der Waals surface area contributed by atoms with Crippen LogP contribution in [0, 0.1) is 6.92 Å². The fraction of sp³-hybridized carbons (Fsp3) is 0.174. The summed E-state index contributed by atoms with van der Waals surface area (Å²) in [7, 11) is 1.54. The van der Waals surface area contributed by atoms with Crippen LogP contribution in [0.4, 0.5) is 5.69 Å². The maximum atomic E-state index is 11.3. The Bertz CT molecular complexity index is 1120. The van der Waals surface area contributed by atoms with Crippen molar-refractivity contribution in [2.45, 2.75) is 20.1 Å². The normalized spacial score (nSPS) is 10.6. The topological polar surface area (TPSA) is 67.8 Å². The first-order chi connectivity index (χ1) is 14.8. The van der Waals surface area contributed by atoms with Gasteiger partial charge in [-0.15, -0.1) is 0 Å². The van der Waals surface area contributed by atoms with Gasteiger partial charge in [0, 0.05) is 38.9 Å². The molecule has 0 aliphatic carbocycles. The molecule has 0 saturated heterocycles. The van der Waals surface area contributed by atoms with E-state index in [-0.39, 0.29) is 12.2 Å². The van der Waals surface area contributed by atoms with Gasteiger partial charge in [0.1, 0.15) is 6.61 Å². The van der Waals surface area contributed by atoms with E-state index >= 15 is 0 Å². The first kappa shape index (κ1) is 23.1. The number of nitrogens with one attached hydrogen (secondary N) is 1. The van der Waals surface area contributed by atoms with Gasteiger partial charge in [0.25, 0.3) is 0 Å². The Morgan fingerprint density at radius 2 is 1.74 bits per heavy atom. The van der Waals surface area contributed by atoms with Crippen LogP contribution in [0.5, 0.6) is 11.5 Å². The zero-order valence-electron chi connectivity index (χ0n) is 16.8. The van der Waals surface area contributed by atoms with Gasteiger partial charge in [0.05, 0.1) is 12.7 Å². The Balaban J connectivity index is 1.76. The van der Waals surface area contributed by atoms with Crippen LogP contribution in [0.15, 0.2) is 48.5 Å². The average Bonchev–Trinajstić information content (AvgIpc) is 2.73. The van der Waals surface area contributed by atoms with Crippen molar-refractivity contribution in [3.05, 3.63) is 85.9 Å². The van der Waals surface area contributed by atoms with Crippen LogP contribution in [0.3, 0.4) is 0 Å². The molecule has 0 saturated carbocycles. The van der Waals surface area contributed by atoms with Crippen LogP contribution >= 0.6 is 34.8 Å². The summed E-state index contributed by atoms with van der Waals surface area (Å²) in [6.07, 6.45) is 0. The van der Waals surface area contributed by atoms with Crippen molar-refractivity contribution < 1.29 is 19.4 Å². The number of hydrogen-bond acceptors (Lipinski definition) is 4. The summed E-state index contributed by atoms with van der Waals surface area (Å²) >= 11 is 18.6. The predicted octanol–water partition coefficient (Wildman–Crippen LogP) is 6.85. The molecule has 0 bridgehead atoms. The minimum atomic E-state index is -0.969. The molecule has 8 heteroatoms. The standard InChI is InChI=1S/C23H20Cl3NO4/c1-13-17(23(28)29)4-3-5-20(13)27-11-15-8-21(30-2)22(10-19(15)26)31-12-14-6-7-16(24)9-18(14)25/h3-10,27H,11-12H2,1-2H3,(H,28,29). The lowest BCUT2D eigenvalue weighted by atomic mass is 10.1. The van der Waals surface area contributed by atoms with Crippen molar-refractivity contribution in [3.63, 3.8) is 0 Å². The molecule has 0 aliphatic rings. The molecule has 3 rings (SSSR count). The number of halogens is 3. The Morgan fingerprint density at radius 1 is 1.00 bits per heavy atom. The van der Waals surface area contributed by atoms with Crippen LogP contribution < -0.4 is 14.8 Å². The third-order valence-electron chi connectivity index (χ3n) is 4.76. The summed E-state index contributed by atoms with van der Waals surface area (Å²) in [6, 6.07) is 13.7. The molecule has 0 aliphatic heterocycles. The van der Waals surface area contributed by atoms with Gasteiger partial charge in [-0.05, 0) is 48.4 Å². The van der Waals surface area contributed by atoms with E-state index in [0.29, 0.717) is 44.4 Å². The summed E-state index contributed by atoms with van der Waals surface area (Å²) in [5.74, 6) is 0.0248. The monoisotopic (exact) mass is 479 g/mol. The van der Waals surface area contributed by atoms with Gasteiger partial charge in [-0.25, -0.2) is 4.79 Å². The van der Waals surface area contributed by atoms with E-state index in [1.807, 2.05) is 6.07 Å². The maximum absolute atomic E-state index is 11.3. The highest BCUT2D eigenvalue weighted by Gasteiger charge is 2.14. The zero-order chi connectivity index (χ0) is 22.5. The van der Waals surface area contributed by atoms with Gasteiger partial charge in [0.15, 0.2) is 11.5 Å². The van der Waals surface area contributed by atoms with E-state index in [1.165, 1.54) is 0 Å². The van der Waals surface area contributed by atoms with E-state index in [2.05, 4.69) is 5.32 Å². The number of anilines is 1. The average molecular weight is 481 g/mol. The molecular formula is C23H20Cl3NO4.